The van der Waals surface area contributed by atoms with Crippen molar-refractivity contribution < 1.29 is 4.74 Å². The van der Waals surface area contributed by atoms with Crippen LogP contribution in [0.3, 0.4) is 0 Å². The molecule has 4 heteroatoms. The number of nitrogens with one attached hydrogen (secondary N) is 1. The lowest BCUT2D eigenvalue weighted by molar-refractivity contribution is 0.0754. The van der Waals surface area contributed by atoms with Gasteiger partial charge in [0.25, 0.3) is 0 Å². The molecule has 1 aliphatic heterocycles. The zero-order chi connectivity index (χ0) is 9.26. The van der Waals surface area contributed by atoms with Crippen LogP contribution in [0.5, 0.6) is 0 Å². The first-order valence-electron chi connectivity index (χ1n) is 4.59. The van der Waals surface area contributed by atoms with E-state index in [9.17, 15) is 0 Å². The minimum Gasteiger partial charge on any atom is -0.378 e. The first-order valence-corrected chi connectivity index (χ1v) is 4.59. The number of nitrogens with zero attached hydrogens (tertiary/aromatic N) is 2. The van der Waals surface area contributed by atoms with Crippen LogP contribution in [0.2, 0.25) is 0 Å². The summed E-state index contributed by atoms with van der Waals surface area (Å²) in [4.78, 5) is 0. The van der Waals surface area contributed by atoms with Crippen molar-refractivity contribution in [2.24, 2.45) is 7.05 Å². The third kappa shape index (κ3) is 1.73. The fourth-order valence-corrected chi connectivity index (χ4v) is 1.51. The second kappa shape index (κ2) is 3.47. The van der Waals surface area contributed by atoms with Crippen LogP contribution in [-0.4, -0.2) is 29.5 Å². The predicted molar refractivity (Wildman–Crippen MR) is 49.5 cm³/mol. The van der Waals surface area contributed by atoms with Gasteiger partial charge in [0.15, 0.2) is 0 Å². The highest BCUT2D eigenvalue weighted by atomic mass is 16.5. The molecule has 0 radical (unpaired) electrons. The van der Waals surface area contributed by atoms with Crippen molar-refractivity contribution in [2.45, 2.75) is 13.0 Å². The van der Waals surface area contributed by atoms with Crippen LogP contribution >= 0.6 is 0 Å². The first-order chi connectivity index (χ1) is 6.27. The summed E-state index contributed by atoms with van der Waals surface area (Å²) in [5, 5.41) is 7.78. The molecule has 1 aromatic rings. The van der Waals surface area contributed by atoms with Gasteiger partial charge in [-0.3, -0.25) is 4.68 Å². The van der Waals surface area contributed by atoms with E-state index >= 15 is 0 Å². The van der Waals surface area contributed by atoms with Gasteiger partial charge < -0.3 is 10.1 Å². The SMILES string of the molecule is Cc1cc(C2COCCN2)nn1C. The number of ether oxygens (including phenoxy) is 1. The summed E-state index contributed by atoms with van der Waals surface area (Å²) in [6.45, 7) is 4.51. The third-order valence-electron chi connectivity index (χ3n) is 2.41. The second-order valence-corrected chi connectivity index (χ2v) is 3.42. The Labute approximate surface area is 77.9 Å². The smallest absolute Gasteiger partial charge is 0.0820 e. The topological polar surface area (TPSA) is 39.1 Å². The molecule has 1 unspecified atom stereocenters. The van der Waals surface area contributed by atoms with E-state index in [1.54, 1.807) is 0 Å². The van der Waals surface area contributed by atoms with Gasteiger partial charge in [-0.2, -0.15) is 5.10 Å². The van der Waals surface area contributed by atoms with Gasteiger partial charge in [-0.25, -0.2) is 0 Å². The van der Waals surface area contributed by atoms with Crippen molar-refractivity contribution in [3.8, 4) is 0 Å². The van der Waals surface area contributed by atoms with Crippen LogP contribution in [0, 0.1) is 6.92 Å². The van der Waals surface area contributed by atoms with E-state index in [2.05, 4.69) is 23.4 Å². The predicted octanol–water partition coefficient (Wildman–Crippen LogP) is 0.389. The molecule has 0 amide bonds. The van der Waals surface area contributed by atoms with E-state index in [1.807, 2.05) is 11.7 Å². The Kier molecular flexibility index (Phi) is 2.33. The molecule has 0 aromatic carbocycles. The summed E-state index contributed by atoms with van der Waals surface area (Å²) in [6, 6.07) is 2.38. The number of morpholine rings is 1. The maximum absolute atomic E-state index is 5.37. The van der Waals surface area contributed by atoms with Gasteiger partial charge in [-0.1, -0.05) is 0 Å². The number of hydrogen-bond acceptors (Lipinski definition) is 3. The Bertz CT molecular complexity index is 270. The molecule has 1 N–H and O–H groups in total. The molecule has 0 saturated carbocycles. The average molecular weight is 181 g/mol. The summed E-state index contributed by atoms with van der Waals surface area (Å²) in [5.41, 5.74) is 2.27. The maximum Gasteiger partial charge on any atom is 0.0820 e. The zero-order valence-electron chi connectivity index (χ0n) is 8.08. The second-order valence-electron chi connectivity index (χ2n) is 3.42. The summed E-state index contributed by atoms with van der Waals surface area (Å²) < 4.78 is 7.27. The summed E-state index contributed by atoms with van der Waals surface area (Å²) in [5.74, 6) is 0. The Morgan fingerprint density at radius 1 is 1.69 bits per heavy atom. The molecular formula is C9H15N3O. The molecule has 0 spiro atoms. The molecule has 1 aliphatic rings. The Hall–Kier alpha value is -0.870. The van der Waals surface area contributed by atoms with Crippen molar-refractivity contribution in [1.29, 1.82) is 0 Å². The summed E-state index contributed by atoms with van der Waals surface area (Å²) >= 11 is 0. The molecule has 1 aromatic heterocycles. The Morgan fingerprint density at radius 2 is 2.54 bits per heavy atom. The van der Waals surface area contributed by atoms with Crippen LogP contribution < -0.4 is 5.32 Å². The molecule has 2 heterocycles. The van der Waals surface area contributed by atoms with E-state index in [-0.39, 0.29) is 6.04 Å². The fourth-order valence-electron chi connectivity index (χ4n) is 1.51. The maximum atomic E-state index is 5.37. The van der Waals surface area contributed by atoms with Crippen molar-refractivity contribution in [3.05, 3.63) is 17.5 Å². The monoisotopic (exact) mass is 181 g/mol. The lowest BCUT2D eigenvalue weighted by atomic mass is 10.2. The molecule has 4 nitrogen and oxygen atoms in total. The van der Waals surface area contributed by atoms with E-state index in [0.717, 1.165) is 25.5 Å². The highest BCUT2D eigenvalue weighted by Gasteiger charge is 2.17. The molecule has 1 atom stereocenters. The molecule has 1 fully saturated rings. The lowest BCUT2D eigenvalue weighted by Crippen LogP contribution is -2.34. The van der Waals surface area contributed by atoms with E-state index < -0.39 is 0 Å². The van der Waals surface area contributed by atoms with Gasteiger partial charge in [-0.05, 0) is 13.0 Å². The quantitative estimate of drug-likeness (QED) is 0.681. The van der Waals surface area contributed by atoms with Crippen molar-refractivity contribution >= 4 is 0 Å². The Balaban J connectivity index is 2.14. The largest absolute Gasteiger partial charge is 0.378 e. The Morgan fingerprint density at radius 3 is 3.08 bits per heavy atom. The average Bonchev–Trinajstić information content (AvgIpc) is 2.49. The number of rotatable bonds is 1. The van der Waals surface area contributed by atoms with Gasteiger partial charge >= 0.3 is 0 Å². The van der Waals surface area contributed by atoms with Crippen molar-refractivity contribution in [3.63, 3.8) is 0 Å². The van der Waals surface area contributed by atoms with Crippen LogP contribution in [-0.2, 0) is 11.8 Å². The zero-order valence-corrected chi connectivity index (χ0v) is 8.08. The van der Waals surface area contributed by atoms with E-state index in [4.69, 9.17) is 4.74 Å². The minimum absolute atomic E-state index is 0.272. The van der Waals surface area contributed by atoms with Crippen LogP contribution in [0.4, 0.5) is 0 Å². The lowest BCUT2D eigenvalue weighted by Gasteiger charge is -2.21. The molecule has 2 rings (SSSR count). The number of aromatic nitrogens is 2. The summed E-state index contributed by atoms with van der Waals surface area (Å²) in [6.07, 6.45) is 0. The summed E-state index contributed by atoms with van der Waals surface area (Å²) in [7, 11) is 1.96. The van der Waals surface area contributed by atoms with Gasteiger partial charge in [0.2, 0.25) is 0 Å². The molecular weight excluding hydrogens is 166 g/mol. The van der Waals surface area contributed by atoms with Gasteiger partial charge in [0.05, 0.1) is 24.9 Å². The number of hydrogen-bond donors (Lipinski definition) is 1. The first kappa shape index (κ1) is 8.72. The van der Waals surface area contributed by atoms with E-state index in [0.29, 0.717) is 0 Å². The van der Waals surface area contributed by atoms with Gasteiger partial charge in [0, 0.05) is 19.3 Å². The normalized spacial score (nSPS) is 23.4. The van der Waals surface area contributed by atoms with Gasteiger partial charge in [0.1, 0.15) is 0 Å². The molecule has 72 valence electrons. The van der Waals surface area contributed by atoms with Gasteiger partial charge in [-0.15, -0.1) is 0 Å². The van der Waals surface area contributed by atoms with E-state index in [1.165, 1.54) is 5.69 Å². The molecule has 0 aliphatic carbocycles. The molecule has 0 bridgehead atoms. The molecule has 13 heavy (non-hydrogen) atoms. The minimum atomic E-state index is 0.272. The third-order valence-corrected chi connectivity index (χ3v) is 2.41. The van der Waals surface area contributed by atoms with Crippen molar-refractivity contribution in [1.82, 2.24) is 15.1 Å². The van der Waals surface area contributed by atoms with Crippen LogP contribution in [0.25, 0.3) is 0 Å². The van der Waals surface area contributed by atoms with Crippen LogP contribution in [0.1, 0.15) is 17.4 Å². The van der Waals surface area contributed by atoms with Crippen molar-refractivity contribution in [2.75, 3.05) is 19.8 Å². The highest BCUT2D eigenvalue weighted by Crippen LogP contribution is 2.14. The fraction of sp³-hybridized carbons (Fsp3) is 0.667. The highest BCUT2D eigenvalue weighted by molar-refractivity contribution is 5.13. The molecule has 1 saturated heterocycles. The number of aryl methyl sites for hydroxylation is 2. The standard InChI is InChI=1S/C9H15N3O/c1-7-5-8(11-12(7)2)9-6-13-4-3-10-9/h5,9-10H,3-4,6H2,1-2H3. The van der Waals surface area contributed by atoms with Crippen LogP contribution in [0.15, 0.2) is 6.07 Å².